The Bertz CT molecular complexity index is 627. The van der Waals surface area contributed by atoms with E-state index in [1.807, 2.05) is 0 Å². The Morgan fingerprint density at radius 1 is 1.20 bits per heavy atom. The predicted molar refractivity (Wildman–Crippen MR) is 61.1 cm³/mol. The summed E-state index contributed by atoms with van der Waals surface area (Å²) in [6.07, 6.45) is -3.85. The van der Waals surface area contributed by atoms with Crippen molar-refractivity contribution in [2.75, 3.05) is 0 Å². The molecule has 0 fully saturated rings. The quantitative estimate of drug-likeness (QED) is 0.857. The summed E-state index contributed by atoms with van der Waals surface area (Å²) in [7, 11) is 0. The molecule has 0 amide bonds. The molecule has 2 rings (SSSR count). The number of rotatable bonds is 2. The van der Waals surface area contributed by atoms with Gasteiger partial charge < -0.3 is 9.84 Å². The molecule has 5 nitrogen and oxygen atoms in total. The summed E-state index contributed by atoms with van der Waals surface area (Å²) in [5, 5.41) is 8.38. The lowest BCUT2D eigenvalue weighted by Crippen LogP contribution is -2.05. The Morgan fingerprint density at radius 2 is 1.85 bits per heavy atom. The van der Waals surface area contributed by atoms with E-state index in [1.165, 1.54) is 12.1 Å². The van der Waals surface area contributed by atoms with Gasteiger partial charge in [-0.2, -0.15) is 13.2 Å². The van der Waals surface area contributed by atoms with Crippen LogP contribution in [-0.2, 0) is 6.18 Å². The van der Waals surface area contributed by atoms with Crippen LogP contribution >= 0.6 is 0 Å². The maximum absolute atomic E-state index is 12.6. The van der Waals surface area contributed by atoms with E-state index in [0.717, 1.165) is 24.5 Å². The zero-order valence-corrected chi connectivity index (χ0v) is 9.76. The van der Waals surface area contributed by atoms with Crippen LogP contribution in [0.5, 0.6) is 5.75 Å². The van der Waals surface area contributed by atoms with Gasteiger partial charge >= 0.3 is 12.3 Å². The minimum atomic E-state index is -4.46. The highest BCUT2D eigenvalue weighted by Gasteiger charge is 2.30. The number of hydrogen-bond acceptors (Lipinski definition) is 4. The lowest BCUT2D eigenvalue weighted by molar-refractivity contribution is -0.137. The molecule has 0 atom stereocenters. The van der Waals surface area contributed by atoms with Crippen LogP contribution in [0.25, 0.3) is 11.4 Å². The van der Waals surface area contributed by atoms with Crippen LogP contribution in [0.15, 0.2) is 36.7 Å². The highest BCUT2D eigenvalue weighted by molar-refractivity contribution is 5.61. The topological polar surface area (TPSA) is 72.3 Å². The van der Waals surface area contributed by atoms with E-state index in [-0.39, 0.29) is 17.1 Å². The van der Waals surface area contributed by atoms with Crippen LogP contribution in [-0.4, -0.2) is 21.2 Å². The Hall–Kier alpha value is -2.64. The fourth-order valence-electron chi connectivity index (χ4n) is 1.45. The maximum Gasteiger partial charge on any atom is 0.511 e. The van der Waals surface area contributed by atoms with Gasteiger partial charge in [0, 0.05) is 5.56 Å². The minimum Gasteiger partial charge on any atom is -0.449 e. The molecule has 1 aromatic heterocycles. The van der Waals surface area contributed by atoms with Gasteiger partial charge in [-0.05, 0) is 12.1 Å². The van der Waals surface area contributed by atoms with E-state index < -0.39 is 17.9 Å². The summed E-state index contributed by atoms with van der Waals surface area (Å²) in [6.45, 7) is 0. The molecule has 0 saturated carbocycles. The molecule has 0 bridgehead atoms. The molecule has 0 aliphatic rings. The molecule has 8 heteroatoms. The first-order chi connectivity index (χ1) is 9.36. The summed E-state index contributed by atoms with van der Waals surface area (Å²) in [6, 6.07) is 4.50. The van der Waals surface area contributed by atoms with Crippen molar-refractivity contribution in [2.24, 2.45) is 0 Å². The first kappa shape index (κ1) is 13.8. The summed E-state index contributed by atoms with van der Waals surface area (Å²) in [4.78, 5) is 17.8. The highest BCUT2D eigenvalue weighted by Crippen LogP contribution is 2.31. The molecule has 0 radical (unpaired) electrons. The summed E-state index contributed by atoms with van der Waals surface area (Å²) < 4.78 is 42.0. The first-order valence-corrected chi connectivity index (χ1v) is 5.27. The van der Waals surface area contributed by atoms with E-state index in [9.17, 15) is 18.0 Å². The van der Waals surface area contributed by atoms with Gasteiger partial charge in [-0.25, -0.2) is 14.8 Å². The number of carbonyl (C=O) groups is 1. The van der Waals surface area contributed by atoms with Crippen LogP contribution in [0.1, 0.15) is 5.56 Å². The molecule has 0 aliphatic heterocycles. The molecule has 0 saturated heterocycles. The average Bonchev–Trinajstić information content (AvgIpc) is 2.38. The highest BCUT2D eigenvalue weighted by atomic mass is 19.4. The van der Waals surface area contributed by atoms with E-state index >= 15 is 0 Å². The number of hydrogen-bond donors (Lipinski definition) is 1. The molecular formula is C12H7F3N2O3. The Labute approximate surface area is 110 Å². The third-order valence-corrected chi connectivity index (χ3v) is 2.28. The van der Waals surface area contributed by atoms with Gasteiger partial charge in [0.05, 0.1) is 18.0 Å². The first-order valence-electron chi connectivity index (χ1n) is 5.27. The lowest BCUT2D eigenvalue weighted by Gasteiger charge is -2.08. The van der Waals surface area contributed by atoms with Crippen LogP contribution in [0, 0.1) is 0 Å². The molecule has 1 N–H and O–H groups in total. The normalized spacial score (nSPS) is 11.2. The second kappa shape index (κ2) is 5.16. The Balaban J connectivity index is 2.30. The second-order valence-corrected chi connectivity index (χ2v) is 3.69. The van der Waals surface area contributed by atoms with Crippen molar-refractivity contribution < 1.29 is 27.8 Å². The number of halogens is 3. The smallest absolute Gasteiger partial charge is 0.449 e. The molecule has 0 aliphatic carbocycles. The molecule has 0 unspecified atom stereocenters. The third kappa shape index (κ3) is 3.22. The van der Waals surface area contributed by atoms with Gasteiger partial charge in [0.25, 0.3) is 0 Å². The van der Waals surface area contributed by atoms with Gasteiger partial charge in [-0.1, -0.05) is 12.1 Å². The number of carboxylic acid groups (broad SMARTS) is 1. The molecule has 104 valence electrons. The van der Waals surface area contributed by atoms with Gasteiger partial charge in [-0.3, -0.25) is 0 Å². The van der Waals surface area contributed by atoms with Gasteiger partial charge in [-0.15, -0.1) is 0 Å². The van der Waals surface area contributed by atoms with E-state index in [0.29, 0.717) is 0 Å². The predicted octanol–water partition coefficient (Wildman–Crippen LogP) is 3.22. The molecule has 1 aromatic carbocycles. The van der Waals surface area contributed by atoms with Crippen molar-refractivity contribution in [1.29, 1.82) is 0 Å². The Kier molecular flexibility index (Phi) is 3.55. The van der Waals surface area contributed by atoms with E-state index in [2.05, 4.69) is 14.7 Å². The van der Waals surface area contributed by atoms with Crippen molar-refractivity contribution in [3.8, 4) is 17.1 Å². The third-order valence-electron chi connectivity index (χ3n) is 2.28. The number of alkyl halides is 3. The summed E-state index contributed by atoms with van der Waals surface area (Å²) in [5.74, 6) is -0.0814. The van der Waals surface area contributed by atoms with Crippen LogP contribution in [0.3, 0.4) is 0 Å². The van der Waals surface area contributed by atoms with Crippen molar-refractivity contribution >= 4 is 6.16 Å². The Morgan fingerprint density at radius 3 is 2.40 bits per heavy atom. The number of benzene rings is 1. The van der Waals surface area contributed by atoms with E-state index in [1.54, 1.807) is 0 Å². The fraction of sp³-hybridized carbons (Fsp3) is 0.0833. The lowest BCUT2D eigenvalue weighted by atomic mass is 10.1. The van der Waals surface area contributed by atoms with Gasteiger partial charge in [0.15, 0.2) is 11.6 Å². The molecule has 20 heavy (non-hydrogen) atoms. The van der Waals surface area contributed by atoms with Crippen LogP contribution in [0.2, 0.25) is 0 Å². The molecule has 0 spiro atoms. The van der Waals surface area contributed by atoms with Crippen LogP contribution < -0.4 is 4.74 Å². The molecule has 2 aromatic rings. The second-order valence-electron chi connectivity index (χ2n) is 3.69. The van der Waals surface area contributed by atoms with Crippen molar-refractivity contribution in [2.45, 2.75) is 6.18 Å². The molecule has 1 heterocycles. The summed E-state index contributed by atoms with van der Waals surface area (Å²) in [5.41, 5.74) is -0.647. The SMILES string of the molecule is O=C(O)Oc1cnc(-c2cccc(C(F)(F)F)c2)nc1. The van der Waals surface area contributed by atoms with Gasteiger partial charge in [0.1, 0.15) is 0 Å². The van der Waals surface area contributed by atoms with Gasteiger partial charge in [0.2, 0.25) is 0 Å². The zero-order valence-electron chi connectivity index (χ0n) is 9.76. The zero-order chi connectivity index (χ0) is 14.8. The largest absolute Gasteiger partial charge is 0.511 e. The number of ether oxygens (including phenoxy) is 1. The van der Waals surface area contributed by atoms with Crippen molar-refractivity contribution in [3.63, 3.8) is 0 Å². The fourth-order valence-corrected chi connectivity index (χ4v) is 1.45. The van der Waals surface area contributed by atoms with E-state index in [4.69, 9.17) is 5.11 Å². The number of aromatic nitrogens is 2. The van der Waals surface area contributed by atoms with Crippen molar-refractivity contribution in [3.05, 3.63) is 42.2 Å². The average molecular weight is 284 g/mol. The maximum atomic E-state index is 12.6. The minimum absolute atomic E-state index is 0.0360. The van der Waals surface area contributed by atoms with Crippen LogP contribution in [0.4, 0.5) is 18.0 Å². The standard InChI is InChI=1S/C12H7F3N2O3/c13-12(14,15)8-3-1-2-7(4-8)10-16-5-9(6-17-10)20-11(18)19/h1-6H,(H,18,19). The number of nitrogens with zero attached hydrogens (tertiary/aromatic N) is 2. The summed E-state index contributed by atoms with van der Waals surface area (Å²) >= 11 is 0. The van der Waals surface area contributed by atoms with Crippen molar-refractivity contribution in [1.82, 2.24) is 9.97 Å². The monoisotopic (exact) mass is 284 g/mol. The molecular weight excluding hydrogens is 277 g/mol.